The van der Waals surface area contributed by atoms with Gasteiger partial charge in [-0.3, -0.25) is 4.79 Å². The largest absolute Gasteiger partial charge is 0.466 e. The van der Waals surface area contributed by atoms with Gasteiger partial charge in [-0.05, 0) is 45.9 Å². The minimum absolute atomic E-state index is 0.0316. The maximum absolute atomic E-state index is 13.7. The van der Waals surface area contributed by atoms with Gasteiger partial charge in [0.15, 0.2) is 0 Å². The van der Waals surface area contributed by atoms with E-state index in [1.54, 1.807) is 39.8 Å². The van der Waals surface area contributed by atoms with Gasteiger partial charge in [0.2, 0.25) is 0 Å². The zero-order valence-electron chi connectivity index (χ0n) is 13.2. The van der Waals surface area contributed by atoms with E-state index in [4.69, 9.17) is 4.42 Å². The molecule has 4 nitrogen and oxygen atoms in total. The predicted octanol–water partition coefficient (Wildman–Crippen LogP) is 2.98. The van der Waals surface area contributed by atoms with Crippen LogP contribution in [0.3, 0.4) is 0 Å². The molecule has 1 aromatic carbocycles. The van der Waals surface area contributed by atoms with Gasteiger partial charge in [0.05, 0.1) is 12.1 Å². The van der Waals surface area contributed by atoms with Crippen LogP contribution in [-0.4, -0.2) is 17.6 Å². The summed E-state index contributed by atoms with van der Waals surface area (Å²) in [5, 5.41) is 13.1. The van der Waals surface area contributed by atoms with Crippen LogP contribution in [0.1, 0.15) is 39.9 Å². The number of carbonyl (C=O) groups excluding carboxylic acids is 1. The van der Waals surface area contributed by atoms with Gasteiger partial charge in [-0.2, -0.15) is 0 Å². The first-order valence-corrected chi connectivity index (χ1v) is 7.05. The van der Waals surface area contributed by atoms with Crippen LogP contribution in [0, 0.1) is 26.6 Å². The van der Waals surface area contributed by atoms with Gasteiger partial charge in [0.25, 0.3) is 5.91 Å². The third-order valence-electron chi connectivity index (χ3n) is 3.58. The Morgan fingerprint density at radius 3 is 2.59 bits per heavy atom. The first-order chi connectivity index (χ1) is 10.2. The number of amides is 1. The quantitative estimate of drug-likeness (QED) is 0.913. The maximum Gasteiger partial charge on any atom is 0.254 e. The Morgan fingerprint density at radius 2 is 2.00 bits per heavy atom. The first-order valence-electron chi connectivity index (χ1n) is 7.05. The Bertz CT molecular complexity index is 704. The monoisotopic (exact) mass is 305 g/mol. The molecule has 0 aliphatic rings. The summed E-state index contributed by atoms with van der Waals surface area (Å²) in [6.45, 7) is 6.85. The van der Waals surface area contributed by atoms with E-state index in [0.29, 0.717) is 17.1 Å². The first kappa shape index (κ1) is 16.2. The van der Waals surface area contributed by atoms with Crippen LogP contribution in [0.15, 0.2) is 28.7 Å². The predicted molar refractivity (Wildman–Crippen MR) is 81.2 cm³/mol. The molecule has 0 fully saturated rings. The molecule has 22 heavy (non-hydrogen) atoms. The zero-order valence-corrected chi connectivity index (χ0v) is 13.2. The molecule has 2 rings (SSSR count). The van der Waals surface area contributed by atoms with Crippen LogP contribution in [0.5, 0.6) is 0 Å². The molecule has 1 heterocycles. The number of hydrogen-bond donors (Lipinski definition) is 2. The Kier molecular flexibility index (Phi) is 4.37. The third kappa shape index (κ3) is 3.36. The second kappa shape index (κ2) is 5.93. The molecule has 1 unspecified atom stereocenters. The van der Waals surface area contributed by atoms with Crippen LogP contribution in [-0.2, 0) is 5.60 Å². The van der Waals surface area contributed by atoms with Crippen LogP contribution in [0.4, 0.5) is 4.39 Å². The minimum Gasteiger partial charge on any atom is -0.466 e. The van der Waals surface area contributed by atoms with E-state index in [0.717, 1.165) is 5.56 Å². The Balaban J connectivity index is 2.13. The second-order valence-electron chi connectivity index (χ2n) is 5.77. The number of benzene rings is 1. The van der Waals surface area contributed by atoms with E-state index in [1.165, 1.54) is 12.1 Å². The highest BCUT2D eigenvalue weighted by atomic mass is 19.1. The van der Waals surface area contributed by atoms with E-state index in [1.807, 2.05) is 0 Å². The summed E-state index contributed by atoms with van der Waals surface area (Å²) in [6.07, 6.45) is 0. The molecule has 0 radical (unpaired) electrons. The Morgan fingerprint density at radius 1 is 1.32 bits per heavy atom. The topological polar surface area (TPSA) is 62.5 Å². The lowest BCUT2D eigenvalue weighted by molar-refractivity contribution is 0.0513. The standard InChI is InChI=1S/C17H20FNO3/c1-10-5-6-15(18)13(7-10)16(20)19-9-17(4,21)14-8-11(2)22-12(14)3/h5-8,21H,9H2,1-4H3,(H,19,20). The third-order valence-corrected chi connectivity index (χ3v) is 3.58. The molecule has 2 N–H and O–H groups in total. The average Bonchev–Trinajstić information content (AvgIpc) is 2.79. The van der Waals surface area contributed by atoms with Gasteiger partial charge < -0.3 is 14.8 Å². The summed E-state index contributed by atoms with van der Waals surface area (Å²) in [6, 6.07) is 6.06. The van der Waals surface area contributed by atoms with Gasteiger partial charge >= 0.3 is 0 Å². The Hall–Kier alpha value is -2.14. The van der Waals surface area contributed by atoms with Crippen molar-refractivity contribution in [3.05, 3.63) is 58.3 Å². The smallest absolute Gasteiger partial charge is 0.254 e. The van der Waals surface area contributed by atoms with Crippen molar-refractivity contribution in [3.63, 3.8) is 0 Å². The molecule has 0 spiro atoms. The number of hydrogen-bond acceptors (Lipinski definition) is 3. The van der Waals surface area contributed by atoms with Gasteiger partial charge in [0.1, 0.15) is 22.9 Å². The molecule has 1 atom stereocenters. The second-order valence-corrected chi connectivity index (χ2v) is 5.77. The number of aliphatic hydroxyl groups is 1. The lowest BCUT2D eigenvalue weighted by Crippen LogP contribution is -2.39. The normalized spacial score (nSPS) is 13.7. The molecular weight excluding hydrogens is 285 g/mol. The molecule has 118 valence electrons. The molecule has 0 aliphatic heterocycles. The van der Waals surface area contributed by atoms with Crippen LogP contribution < -0.4 is 5.32 Å². The highest BCUT2D eigenvalue weighted by molar-refractivity contribution is 5.94. The maximum atomic E-state index is 13.7. The molecular formula is C17H20FNO3. The molecule has 0 aliphatic carbocycles. The van der Waals surface area contributed by atoms with Gasteiger partial charge in [-0.15, -0.1) is 0 Å². The molecule has 2 aromatic rings. The van der Waals surface area contributed by atoms with Gasteiger partial charge in [-0.1, -0.05) is 11.6 Å². The molecule has 1 aromatic heterocycles. The number of rotatable bonds is 4. The molecule has 0 saturated carbocycles. The average molecular weight is 305 g/mol. The summed E-state index contributed by atoms with van der Waals surface area (Å²) < 4.78 is 19.1. The fourth-order valence-corrected chi connectivity index (χ4v) is 2.42. The highest BCUT2D eigenvalue weighted by Crippen LogP contribution is 2.26. The molecule has 0 saturated heterocycles. The summed E-state index contributed by atoms with van der Waals surface area (Å²) in [5.74, 6) is 0.139. The Labute approximate surface area is 129 Å². The van der Waals surface area contributed by atoms with Crippen molar-refractivity contribution < 1.29 is 18.7 Å². The van der Waals surface area contributed by atoms with Gasteiger partial charge in [0, 0.05) is 5.56 Å². The SMILES string of the molecule is Cc1ccc(F)c(C(=O)NCC(C)(O)c2cc(C)oc2C)c1. The van der Waals surface area contributed by atoms with Crippen molar-refractivity contribution in [2.24, 2.45) is 0 Å². The number of carbonyl (C=O) groups is 1. The van der Waals surface area contributed by atoms with Crippen molar-refractivity contribution in [2.75, 3.05) is 6.54 Å². The molecule has 5 heteroatoms. The van der Waals surface area contributed by atoms with Crippen LogP contribution in [0.25, 0.3) is 0 Å². The number of furan rings is 1. The summed E-state index contributed by atoms with van der Waals surface area (Å²) in [4.78, 5) is 12.1. The van der Waals surface area contributed by atoms with E-state index in [2.05, 4.69) is 5.32 Å². The van der Waals surface area contributed by atoms with Crippen LogP contribution >= 0.6 is 0 Å². The summed E-state index contributed by atoms with van der Waals surface area (Å²) in [7, 11) is 0. The van der Waals surface area contributed by atoms with Crippen molar-refractivity contribution in [3.8, 4) is 0 Å². The number of halogens is 1. The lowest BCUT2D eigenvalue weighted by Gasteiger charge is -2.23. The summed E-state index contributed by atoms with van der Waals surface area (Å²) >= 11 is 0. The van der Waals surface area contributed by atoms with Gasteiger partial charge in [-0.25, -0.2) is 4.39 Å². The van der Waals surface area contributed by atoms with E-state index < -0.39 is 17.3 Å². The highest BCUT2D eigenvalue weighted by Gasteiger charge is 2.28. The number of nitrogens with one attached hydrogen (secondary N) is 1. The van der Waals surface area contributed by atoms with Crippen molar-refractivity contribution in [2.45, 2.75) is 33.3 Å². The van der Waals surface area contributed by atoms with Crippen molar-refractivity contribution in [1.29, 1.82) is 0 Å². The van der Waals surface area contributed by atoms with Crippen molar-refractivity contribution >= 4 is 5.91 Å². The fraction of sp³-hybridized carbons (Fsp3) is 0.353. The van der Waals surface area contributed by atoms with E-state index >= 15 is 0 Å². The number of aryl methyl sites for hydroxylation is 3. The fourth-order valence-electron chi connectivity index (χ4n) is 2.42. The zero-order chi connectivity index (χ0) is 16.5. The van der Waals surface area contributed by atoms with Crippen molar-refractivity contribution in [1.82, 2.24) is 5.32 Å². The molecule has 0 bridgehead atoms. The lowest BCUT2D eigenvalue weighted by atomic mass is 9.96. The van der Waals surface area contributed by atoms with E-state index in [9.17, 15) is 14.3 Å². The molecule has 1 amide bonds. The van der Waals surface area contributed by atoms with E-state index in [-0.39, 0.29) is 12.1 Å². The minimum atomic E-state index is -1.29. The summed E-state index contributed by atoms with van der Waals surface area (Å²) in [5.41, 5.74) is 0.0724. The van der Waals surface area contributed by atoms with Crippen LogP contribution in [0.2, 0.25) is 0 Å².